The zero-order valence-corrected chi connectivity index (χ0v) is 30.9. The average molecular weight is 743 g/mol. The molecule has 3 aromatic heterocycles. The Morgan fingerprint density at radius 3 is 2.20 bits per heavy atom. The van der Waals surface area contributed by atoms with Gasteiger partial charge in [-0.1, -0.05) is 18.2 Å². The van der Waals surface area contributed by atoms with E-state index < -0.39 is 23.1 Å². The van der Waals surface area contributed by atoms with Crippen molar-refractivity contribution in [2.24, 2.45) is 0 Å². The Balaban J connectivity index is 0.000000310. The molecule has 2 aromatic carbocycles. The second-order valence-corrected chi connectivity index (χ2v) is 12.9. The van der Waals surface area contributed by atoms with Gasteiger partial charge in [0, 0.05) is 75.7 Å². The summed E-state index contributed by atoms with van der Waals surface area (Å²) in [5, 5.41) is 5.55. The van der Waals surface area contributed by atoms with E-state index >= 15 is 8.78 Å². The Labute approximate surface area is 312 Å². The number of halogens is 2. The molecular weight excluding hydrogens is 698 g/mol. The Morgan fingerprint density at radius 1 is 0.907 bits per heavy atom. The predicted octanol–water partition coefficient (Wildman–Crippen LogP) is 3.83. The highest BCUT2D eigenvalue weighted by Gasteiger charge is 2.25. The molecule has 16 heteroatoms. The summed E-state index contributed by atoms with van der Waals surface area (Å²) in [7, 11) is 8.64. The lowest BCUT2D eigenvalue weighted by atomic mass is 9.98. The first-order valence-electron chi connectivity index (χ1n) is 17.1. The number of anilines is 2. The number of hydrogen-bond donors (Lipinski definition) is 3. The van der Waals surface area contributed by atoms with Crippen molar-refractivity contribution in [1.29, 1.82) is 0 Å². The van der Waals surface area contributed by atoms with Gasteiger partial charge in [0.05, 0.1) is 37.4 Å². The van der Waals surface area contributed by atoms with E-state index in [1.807, 2.05) is 33.3 Å². The molecule has 4 N–H and O–H groups in total. The van der Waals surface area contributed by atoms with Gasteiger partial charge in [-0.3, -0.25) is 24.5 Å². The Hall–Kier alpha value is -5.84. The first-order valence-corrected chi connectivity index (χ1v) is 17.1. The quantitative estimate of drug-likeness (QED) is 0.170. The molecule has 284 valence electrons. The number of amides is 2. The molecule has 0 aliphatic carbocycles. The van der Waals surface area contributed by atoms with Gasteiger partial charge in [0.15, 0.2) is 23.1 Å². The van der Waals surface area contributed by atoms with Gasteiger partial charge in [-0.2, -0.15) is 0 Å². The fourth-order valence-electron chi connectivity index (χ4n) is 5.71. The van der Waals surface area contributed by atoms with E-state index in [0.717, 1.165) is 56.5 Å². The number of likely N-dealkylation sites (N-methyl/N-ethyl adjacent to an activating group) is 2. The van der Waals surface area contributed by atoms with Crippen LogP contribution >= 0.6 is 0 Å². The maximum absolute atomic E-state index is 15.2. The maximum Gasteiger partial charge on any atom is 0.259 e. The smallest absolute Gasteiger partial charge is 0.259 e. The molecule has 14 nitrogen and oxygen atoms in total. The molecule has 0 radical (unpaired) electrons. The summed E-state index contributed by atoms with van der Waals surface area (Å²) in [5.74, 6) is -1.75. The molecule has 1 aliphatic rings. The third-order valence-electron chi connectivity index (χ3n) is 8.53. The van der Waals surface area contributed by atoms with Crippen molar-refractivity contribution < 1.29 is 27.8 Å². The highest BCUT2D eigenvalue weighted by atomic mass is 19.1. The van der Waals surface area contributed by atoms with Crippen LogP contribution in [0.25, 0.3) is 22.2 Å². The number of piperazine rings is 1. The standard InChI is InChI=1S/C28H30F2N6O3.C10H14N4O/c1-35(2)12-13-36(3)16-17-6-9-22(33-15-17)34-28(37)19-8-7-18(26-27(19)32-11-10-31-26)23-24(29)20(38-4)14-21(39-5)25(23)30;11-9-2-1-8(5-13-9)6-14-4-3-12-10(15)7-14/h6-11,14-15H,12-13,16H2,1-5H3,(H,33,34,37);1-2,5H,3-4,6-7H2,(H2,11,13)(H,12,15). The molecule has 2 amide bonds. The number of rotatable bonds is 12. The predicted molar refractivity (Wildman–Crippen MR) is 202 cm³/mol. The van der Waals surface area contributed by atoms with Crippen LogP contribution in [0.1, 0.15) is 21.5 Å². The lowest BCUT2D eigenvalue weighted by molar-refractivity contribution is -0.124. The normalized spacial score (nSPS) is 13.0. The molecule has 0 bridgehead atoms. The number of methoxy groups -OCH3 is 2. The van der Waals surface area contributed by atoms with Crippen LogP contribution in [-0.4, -0.2) is 115 Å². The van der Waals surface area contributed by atoms with Crippen LogP contribution in [0.15, 0.2) is 67.3 Å². The van der Waals surface area contributed by atoms with Gasteiger partial charge in [0.1, 0.15) is 17.2 Å². The van der Waals surface area contributed by atoms with Crippen LogP contribution in [0.4, 0.5) is 20.4 Å². The number of ether oxygens (including phenoxy) is 2. The van der Waals surface area contributed by atoms with Gasteiger partial charge in [0.2, 0.25) is 5.91 Å². The third-order valence-corrected chi connectivity index (χ3v) is 8.53. The second kappa shape index (κ2) is 18.3. The number of benzene rings is 2. The van der Waals surface area contributed by atoms with Crippen LogP contribution in [-0.2, 0) is 17.9 Å². The molecule has 6 rings (SSSR count). The van der Waals surface area contributed by atoms with E-state index in [2.05, 4.69) is 45.3 Å². The molecule has 1 saturated heterocycles. The molecular formula is C38H44F2N10O4. The highest BCUT2D eigenvalue weighted by molar-refractivity contribution is 6.13. The molecule has 0 atom stereocenters. The number of nitrogens with one attached hydrogen (secondary N) is 2. The SMILES string of the molecule is COc1cc(OC)c(F)c(-c2ccc(C(=O)Nc3ccc(CN(C)CCN(C)C)cn3)c3nccnc23)c1F.Nc1ccc(CN2CCNC(=O)C2)cn1. The number of nitrogen functional groups attached to an aromatic ring is 1. The van der Waals surface area contributed by atoms with Crippen LogP contribution in [0.5, 0.6) is 11.5 Å². The van der Waals surface area contributed by atoms with Crippen LogP contribution in [0.3, 0.4) is 0 Å². The zero-order chi connectivity index (χ0) is 38.8. The highest BCUT2D eigenvalue weighted by Crippen LogP contribution is 2.40. The summed E-state index contributed by atoms with van der Waals surface area (Å²) in [6.45, 7) is 5.39. The molecule has 5 aromatic rings. The summed E-state index contributed by atoms with van der Waals surface area (Å²) in [6, 6.07) is 11.3. The zero-order valence-electron chi connectivity index (χ0n) is 30.9. The van der Waals surface area contributed by atoms with Gasteiger partial charge in [-0.25, -0.2) is 18.7 Å². The number of carbonyl (C=O) groups is 2. The minimum atomic E-state index is -0.920. The summed E-state index contributed by atoms with van der Waals surface area (Å²) in [5.41, 5.74) is 7.78. The number of carbonyl (C=O) groups excluding carboxylic acids is 2. The summed E-state index contributed by atoms with van der Waals surface area (Å²) in [4.78, 5) is 47.7. The van der Waals surface area contributed by atoms with Gasteiger partial charge in [0.25, 0.3) is 5.91 Å². The number of aromatic nitrogens is 4. The molecule has 0 spiro atoms. The van der Waals surface area contributed by atoms with Crippen LogP contribution in [0.2, 0.25) is 0 Å². The van der Waals surface area contributed by atoms with Gasteiger partial charge in [-0.15, -0.1) is 0 Å². The van der Waals surface area contributed by atoms with Gasteiger partial charge in [-0.05, 0) is 50.5 Å². The molecule has 4 heterocycles. The number of nitrogens with zero attached hydrogens (tertiary/aromatic N) is 7. The van der Waals surface area contributed by atoms with Crippen LogP contribution < -0.4 is 25.8 Å². The largest absolute Gasteiger partial charge is 0.494 e. The summed E-state index contributed by atoms with van der Waals surface area (Å²) in [6.07, 6.45) is 6.25. The Bertz CT molecular complexity index is 2040. The minimum absolute atomic E-state index is 0.0876. The topological polar surface area (TPSA) is 164 Å². The first-order chi connectivity index (χ1) is 26.0. The molecule has 1 aliphatic heterocycles. The first kappa shape index (κ1) is 39.4. The molecule has 0 saturated carbocycles. The number of pyridine rings is 2. The fourth-order valence-corrected chi connectivity index (χ4v) is 5.71. The second-order valence-electron chi connectivity index (χ2n) is 12.9. The Morgan fingerprint density at radius 2 is 1.59 bits per heavy atom. The monoisotopic (exact) mass is 742 g/mol. The van der Waals surface area contributed by atoms with Gasteiger partial charge < -0.3 is 35.6 Å². The lowest BCUT2D eigenvalue weighted by Crippen LogP contribution is -2.47. The van der Waals surface area contributed by atoms with Gasteiger partial charge >= 0.3 is 0 Å². The van der Waals surface area contributed by atoms with E-state index in [0.29, 0.717) is 18.2 Å². The molecule has 0 unspecified atom stereocenters. The average Bonchev–Trinajstić information content (AvgIpc) is 3.16. The van der Waals surface area contributed by atoms with Crippen molar-refractivity contribution in [2.45, 2.75) is 13.1 Å². The van der Waals surface area contributed by atoms with Crippen LogP contribution in [0, 0.1) is 11.6 Å². The number of hydrogen-bond acceptors (Lipinski definition) is 12. The van der Waals surface area contributed by atoms with E-state index in [4.69, 9.17) is 15.2 Å². The third kappa shape index (κ3) is 9.97. The molecule has 1 fully saturated rings. The van der Waals surface area contributed by atoms with Crippen molar-refractivity contribution >= 4 is 34.5 Å². The van der Waals surface area contributed by atoms with E-state index in [1.54, 1.807) is 24.5 Å². The minimum Gasteiger partial charge on any atom is -0.494 e. The lowest BCUT2D eigenvalue weighted by Gasteiger charge is -2.26. The van der Waals surface area contributed by atoms with Crippen molar-refractivity contribution in [3.8, 4) is 22.6 Å². The van der Waals surface area contributed by atoms with Crippen molar-refractivity contribution in [3.63, 3.8) is 0 Å². The summed E-state index contributed by atoms with van der Waals surface area (Å²) >= 11 is 0. The number of nitrogens with two attached hydrogens (primary N) is 1. The van der Waals surface area contributed by atoms with Crippen molar-refractivity contribution in [1.82, 2.24) is 40.0 Å². The Kier molecular flexibility index (Phi) is 13.3. The van der Waals surface area contributed by atoms with E-state index in [-0.39, 0.29) is 39.6 Å². The van der Waals surface area contributed by atoms with Crippen molar-refractivity contribution in [3.05, 3.63) is 95.6 Å². The fraction of sp³-hybridized carbons (Fsp3) is 0.316. The van der Waals surface area contributed by atoms with E-state index in [9.17, 15) is 9.59 Å². The summed E-state index contributed by atoms with van der Waals surface area (Å²) < 4.78 is 40.6. The molecule has 54 heavy (non-hydrogen) atoms. The number of fused-ring (bicyclic) bond motifs is 1. The maximum atomic E-state index is 15.2. The van der Waals surface area contributed by atoms with E-state index in [1.165, 1.54) is 38.7 Å². The van der Waals surface area contributed by atoms with Crippen molar-refractivity contribution in [2.75, 3.05) is 79.1 Å².